The average molecular weight is 292 g/mol. The van der Waals surface area contributed by atoms with E-state index in [4.69, 9.17) is 29.6 Å². The number of halogens is 2. The van der Waals surface area contributed by atoms with Gasteiger partial charge in [-0.2, -0.15) is 0 Å². The van der Waals surface area contributed by atoms with Gasteiger partial charge in [-0.25, -0.2) is 0 Å². The molecule has 0 spiro atoms. The molecule has 1 aliphatic carbocycles. The molecule has 0 amide bonds. The van der Waals surface area contributed by atoms with Crippen molar-refractivity contribution in [3.63, 3.8) is 0 Å². The van der Waals surface area contributed by atoms with E-state index >= 15 is 0 Å². The lowest BCUT2D eigenvalue weighted by molar-refractivity contribution is 0.298. The van der Waals surface area contributed by atoms with Gasteiger partial charge < -0.3 is 4.57 Å². The van der Waals surface area contributed by atoms with E-state index in [-0.39, 0.29) is 0 Å². The largest absolute Gasteiger partial charge is 0.343 e. The molecule has 2 atom stereocenters. The van der Waals surface area contributed by atoms with Crippen LogP contribution < -0.4 is 0 Å². The highest BCUT2D eigenvalue weighted by molar-refractivity contribution is 6.38. The number of rotatable bonds is 1. The third-order valence-electron chi connectivity index (χ3n) is 4.05. The third kappa shape index (κ3) is 2.24. The molecule has 98 valence electrons. The molecule has 1 nitrogen and oxygen atoms in total. The van der Waals surface area contributed by atoms with Crippen LogP contribution in [0.5, 0.6) is 0 Å². The van der Waals surface area contributed by atoms with E-state index in [2.05, 4.69) is 22.8 Å². The number of fused-ring (bicyclic) bond motifs is 1. The topological polar surface area (TPSA) is 4.93 Å². The minimum Gasteiger partial charge on any atom is -0.343 e. The van der Waals surface area contributed by atoms with Gasteiger partial charge in [-0.05, 0) is 31.0 Å². The molecular weight excluding hydrogens is 277 g/mol. The van der Waals surface area contributed by atoms with E-state index in [1.165, 1.54) is 12.8 Å². The number of nitrogens with zero attached hydrogens (tertiary/aromatic N) is 1. The van der Waals surface area contributed by atoms with Gasteiger partial charge in [-0.3, -0.25) is 0 Å². The normalized spacial score (nSPS) is 23.4. The van der Waals surface area contributed by atoms with Crippen LogP contribution in [0.3, 0.4) is 0 Å². The SMILES string of the molecule is C#CC1CCCCC1n1ccc2c(Cl)cc(Cl)cc21. The molecule has 19 heavy (non-hydrogen) atoms. The van der Waals surface area contributed by atoms with Crippen molar-refractivity contribution in [2.45, 2.75) is 31.7 Å². The Morgan fingerprint density at radius 2 is 2.00 bits per heavy atom. The summed E-state index contributed by atoms with van der Waals surface area (Å²) >= 11 is 12.4. The molecule has 1 heterocycles. The molecule has 1 aromatic heterocycles. The van der Waals surface area contributed by atoms with Crippen molar-refractivity contribution in [1.29, 1.82) is 0 Å². The fourth-order valence-electron chi connectivity index (χ4n) is 3.11. The van der Waals surface area contributed by atoms with Gasteiger partial charge in [0.25, 0.3) is 0 Å². The summed E-state index contributed by atoms with van der Waals surface area (Å²) < 4.78 is 2.26. The molecular formula is C16H15Cl2N. The van der Waals surface area contributed by atoms with Crippen LogP contribution in [-0.2, 0) is 0 Å². The summed E-state index contributed by atoms with van der Waals surface area (Å²) in [5, 5.41) is 2.42. The van der Waals surface area contributed by atoms with E-state index in [0.717, 1.165) is 23.7 Å². The first-order chi connectivity index (χ1) is 9.20. The Kier molecular flexibility index (Phi) is 3.48. The third-order valence-corrected chi connectivity index (χ3v) is 4.58. The molecule has 0 aliphatic heterocycles. The van der Waals surface area contributed by atoms with Crippen LogP contribution >= 0.6 is 23.2 Å². The van der Waals surface area contributed by atoms with Gasteiger partial charge in [0.05, 0.1) is 10.5 Å². The lowest BCUT2D eigenvalue weighted by Crippen LogP contribution is -2.21. The van der Waals surface area contributed by atoms with Crippen molar-refractivity contribution in [2.75, 3.05) is 0 Å². The zero-order valence-corrected chi connectivity index (χ0v) is 12.1. The summed E-state index contributed by atoms with van der Waals surface area (Å²) in [5.74, 6) is 3.26. The molecule has 3 heteroatoms. The molecule has 0 radical (unpaired) electrons. The van der Waals surface area contributed by atoms with Gasteiger partial charge in [0, 0.05) is 28.6 Å². The second-order valence-corrected chi connectivity index (χ2v) is 6.01. The zero-order chi connectivity index (χ0) is 13.4. The van der Waals surface area contributed by atoms with Crippen LogP contribution in [0.25, 0.3) is 10.9 Å². The lowest BCUT2D eigenvalue weighted by atomic mass is 9.85. The standard InChI is InChI=1S/C16H15Cl2N/c1-2-11-5-3-4-6-15(11)19-8-7-13-14(18)9-12(17)10-16(13)19/h1,7-11,15H,3-6H2. The van der Waals surface area contributed by atoms with Crippen molar-refractivity contribution >= 4 is 34.1 Å². The average Bonchev–Trinajstić information content (AvgIpc) is 2.82. The summed E-state index contributed by atoms with van der Waals surface area (Å²) in [4.78, 5) is 0. The quantitative estimate of drug-likeness (QED) is 0.627. The van der Waals surface area contributed by atoms with E-state index < -0.39 is 0 Å². The molecule has 0 bridgehead atoms. The van der Waals surface area contributed by atoms with Crippen molar-refractivity contribution in [2.24, 2.45) is 5.92 Å². The molecule has 0 N–H and O–H groups in total. The minimum atomic E-state index is 0.308. The summed E-state index contributed by atoms with van der Waals surface area (Å²) in [6, 6.07) is 6.18. The van der Waals surface area contributed by atoms with Gasteiger partial charge in [0.1, 0.15) is 0 Å². The van der Waals surface area contributed by atoms with E-state index in [9.17, 15) is 0 Å². The highest BCUT2D eigenvalue weighted by Crippen LogP contribution is 2.38. The smallest absolute Gasteiger partial charge is 0.0514 e. The highest BCUT2D eigenvalue weighted by atomic mass is 35.5. The first kappa shape index (κ1) is 12.9. The summed E-state index contributed by atoms with van der Waals surface area (Å²) in [5.41, 5.74) is 1.09. The molecule has 3 rings (SSSR count). The number of hydrogen-bond acceptors (Lipinski definition) is 0. The molecule has 1 saturated carbocycles. The molecule has 1 aromatic carbocycles. The Labute approximate surface area is 123 Å². The van der Waals surface area contributed by atoms with Crippen LogP contribution in [-0.4, -0.2) is 4.57 Å². The van der Waals surface area contributed by atoms with Crippen molar-refractivity contribution in [3.05, 3.63) is 34.4 Å². The van der Waals surface area contributed by atoms with Gasteiger partial charge in [0.2, 0.25) is 0 Å². The predicted octanol–water partition coefficient (Wildman–Crippen LogP) is 5.31. The van der Waals surface area contributed by atoms with Crippen molar-refractivity contribution in [3.8, 4) is 12.3 Å². The van der Waals surface area contributed by atoms with E-state index in [0.29, 0.717) is 22.0 Å². The molecule has 2 unspecified atom stereocenters. The Balaban J connectivity index is 2.12. The lowest BCUT2D eigenvalue weighted by Gasteiger charge is -2.30. The number of aromatic nitrogens is 1. The van der Waals surface area contributed by atoms with Crippen LogP contribution in [0.4, 0.5) is 0 Å². The number of benzene rings is 1. The zero-order valence-electron chi connectivity index (χ0n) is 10.6. The Morgan fingerprint density at radius 3 is 2.79 bits per heavy atom. The molecule has 0 saturated heterocycles. The maximum absolute atomic E-state index is 6.25. The fraction of sp³-hybridized carbons (Fsp3) is 0.375. The van der Waals surface area contributed by atoms with Crippen LogP contribution in [0.1, 0.15) is 31.7 Å². The van der Waals surface area contributed by atoms with Gasteiger partial charge >= 0.3 is 0 Å². The van der Waals surface area contributed by atoms with Crippen LogP contribution in [0, 0.1) is 18.3 Å². The van der Waals surface area contributed by atoms with Gasteiger partial charge in [-0.1, -0.05) is 36.0 Å². The molecule has 1 aliphatic rings. The highest BCUT2D eigenvalue weighted by Gasteiger charge is 2.25. The second kappa shape index (κ2) is 5.12. The maximum atomic E-state index is 6.25. The first-order valence-electron chi connectivity index (χ1n) is 6.62. The summed E-state index contributed by atoms with van der Waals surface area (Å²) in [7, 11) is 0. The molecule has 1 fully saturated rings. The minimum absolute atomic E-state index is 0.308. The maximum Gasteiger partial charge on any atom is 0.0514 e. The van der Waals surface area contributed by atoms with Crippen molar-refractivity contribution in [1.82, 2.24) is 4.57 Å². The Bertz CT molecular complexity index is 651. The Morgan fingerprint density at radius 1 is 1.21 bits per heavy atom. The Hall–Kier alpha value is -1.10. The second-order valence-electron chi connectivity index (χ2n) is 5.17. The van der Waals surface area contributed by atoms with Crippen molar-refractivity contribution < 1.29 is 0 Å². The van der Waals surface area contributed by atoms with E-state index in [1.807, 2.05) is 6.07 Å². The summed E-state index contributed by atoms with van der Waals surface area (Å²) in [6.45, 7) is 0. The van der Waals surface area contributed by atoms with Crippen LogP contribution in [0.2, 0.25) is 10.0 Å². The number of terminal acetylenes is 1. The van der Waals surface area contributed by atoms with E-state index in [1.54, 1.807) is 6.07 Å². The van der Waals surface area contributed by atoms with Gasteiger partial charge in [0.15, 0.2) is 0 Å². The predicted molar refractivity (Wildman–Crippen MR) is 81.8 cm³/mol. The van der Waals surface area contributed by atoms with Gasteiger partial charge in [-0.15, -0.1) is 12.3 Å². The fourth-order valence-corrected chi connectivity index (χ4v) is 3.66. The monoisotopic (exact) mass is 291 g/mol. The number of hydrogen-bond donors (Lipinski definition) is 0. The van der Waals surface area contributed by atoms with Crippen LogP contribution in [0.15, 0.2) is 24.4 Å². The summed E-state index contributed by atoms with van der Waals surface area (Å²) in [6.07, 6.45) is 12.5. The first-order valence-corrected chi connectivity index (χ1v) is 7.38. The molecule has 2 aromatic rings.